The van der Waals surface area contributed by atoms with Crippen molar-refractivity contribution in [3.05, 3.63) is 11.6 Å². The number of fused-ring (bicyclic) bond motifs is 1. The Hall–Kier alpha value is -1.03. The molecule has 4 aliphatic rings. The van der Waals surface area contributed by atoms with Crippen molar-refractivity contribution >= 4 is 5.97 Å². The number of esters is 1. The average molecular weight is 536 g/mol. The lowest BCUT2D eigenvalue weighted by Crippen LogP contribution is -2.62. The maximum atomic E-state index is 13.0. The number of allylic oxidation sites excluding steroid dienone is 1. The molecule has 3 aliphatic carbocycles. The molecule has 0 bridgehead atoms. The molecule has 4 fully saturated rings. The lowest BCUT2D eigenvalue weighted by atomic mass is 9.65. The van der Waals surface area contributed by atoms with Crippen LogP contribution in [0.15, 0.2) is 11.6 Å². The minimum Gasteiger partial charge on any atom is -0.460 e. The van der Waals surface area contributed by atoms with Crippen molar-refractivity contribution in [2.24, 2.45) is 23.3 Å². The third kappa shape index (κ3) is 6.81. The fourth-order valence-corrected chi connectivity index (χ4v) is 7.59. The number of nitrogens with two attached hydrogens (primary N) is 2. The van der Waals surface area contributed by atoms with E-state index in [4.69, 9.17) is 25.7 Å². The molecule has 0 spiro atoms. The monoisotopic (exact) mass is 535 g/mol. The fourth-order valence-electron chi connectivity index (χ4n) is 7.59. The molecule has 0 aromatic rings. The van der Waals surface area contributed by atoms with Crippen LogP contribution in [0.3, 0.4) is 0 Å². The Morgan fingerprint density at radius 1 is 1.05 bits per heavy atom. The molecular formula is C30H53N3O5. The minimum atomic E-state index is -1.13. The number of carbonyl (C=O) groups excluding carboxylic acids is 1. The zero-order valence-electron chi connectivity index (χ0n) is 24.1. The highest BCUT2D eigenvalue weighted by Gasteiger charge is 2.66. The Bertz CT molecular complexity index is 815. The van der Waals surface area contributed by atoms with E-state index in [9.17, 15) is 9.90 Å². The maximum absolute atomic E-state index is 13.0. The second-order valence-electron chi connectivity index (χ2n) is 13.1. The van der Waals surface area contributed by atoms with E-state index in [0.717, 1.165) is 51.4 Å². The van der Waals surface area contributed by atoms with E-state index >= 15 is 0 Å². The van der Waals surface area contributed by atoms with Gasteiger partial charge in [0.15, 0.2) is 0 Å². The van der Waals surface area contributed by atoms with Gasteiger partial charge in [0.05, 0.1) is 23.2 Å². The van der Waals surface area contributed by atoms with E-state index < -0.39 is 23.4 Å². The topological polar surface area (TPSA) is 129 Å². The second kappa shape index (κ2) is 12.6. The van der Waals surface area contributed by atoms with Gasteiger partial charge in [-0.1, -0.05) is 11.6 Å². The van der Waals surface area contributed by atoms with Gasteiger partial charge in [0.25, 0.3) is 0 Å². The van der Waals surface area contributed by atoms with Crippen molar-refractivity contribution in [1.29, 1.82) is 0 Å². The van der Waals surface area contributed by atoms with Gasteiger partial charge in [-0.3, -0.25) is 4.79 Å². The van der Waals surface area contributed by atoms with Gasteiger partial charge >= 0.3 is 5.97 Å². The molecule has 1 aliphatic heterocycles. The van der Waals surface area contributed by atoms with Gasteiger partial charge in [-0.2, -0.15) is 0 Å². The van der Waals surface area contributed by atoms with Crippen molar-refractivity contribution in [3.8, 4) is 0 Å². The van der Waals surface area contributed by atoms with E-state index in [-0.39, 0.29) is 24.0 Å². The van der Waals surface area contributed by atoms with E-state index in [1.54, 1.807) is 7.11 Å². The first kappa shape index (κ1) is 29.9. The summed E-state index contributed by atoms with van der Waals surface area (Å²) in [7, 11) is 1.67. The Kier molecular flexibility index (Phi) is 9.97. The molecule has 6 unspecified atom stereocenters. The van der Waals surface area contributed by atoms with Crippen LogP contribution in [0.1, 0.15) is 97.8 Å². The summed E-state index contributed by atoms with van der Waals surface area (Å²) in [5, 5.41) is 15.8. The SMILES string of the molecule is COC1C(OC(=O)CC2CCC(N)CC2)CCC2(CNC3CCC(N)CC3)OC(CC=C(C)C)C(C)(O)C12. The third-order valence-corrected chi connectivity index (χ3v) is 9.88. The predicted molar refractivity (Wildman–Crippen MR) is 148 cm³/mol. The van der Waals surface area contributed by atoms with Crippen LogP contribution in [0.25, 0.3) is 0 Å². The summed E-state index contributed by atoms with van der Waals surface area (Å²) >= 11 is 0. The number of carbonyl (C=O) groups is 1. The van der Waals surface area contributed by atoms with E-state index in [1.165, 1.54) is 5.57 Å². The molecule has 8 heteroatoms. The summed E-state index contributed by atoms with van der Waals surface area (Å²) in [4.78, 5) is 13.0. The van der Waals surface area contributed by atoms with Crippen LogP contribution < -0.4 is 16.8 Å². The van der Waals surface area contributed by atoms with Gasteiger partial charge in [-0.25, -0.2) is 0 Å². The van der Waals surface area contributed by atoms with Crippen molar-refractivity contribution in [2.45, 2.75) is 145 Å². The minimum absolute atomic E-state index is 0.165. The molecule has 6 atom stereocenters. The number of nitrogens with one attached hydrogen (secondary N) is 1. The quantitative estimate of drug-likeness (QED) is 0.261. The van der Waals surface area contributed by atoms with Crippen molar-refractivity contribution < 1.29 is 24.1 Å². The molecule has 1 heterocycles. The number of rotatable bonds is 9. The predicted octanol–water partition coefficient (Wildman–Crippen LogP) is 3.34. The number of hydrogen-bond donors (Lipinski definition) is 4. The van der Waals surface area contributed by atoms with E-state index in [2.05, 4.69) is 25.2 Å². The molecular weight excluding hydrogens is 482 g/mol. The molecule has 4 rings (SSSR count). The molecule has 6 N–H and O–H groups in total. The Labute approximate surface area is 229 Å². The van der Waals surface area contributed by atoms with Gasteiger partial charge in [-0.05, 0) is 97.3 Å². The largest absolute Gasteiger partial charge is 0.460 e. The van der Waals surface area contributed by atoms with Crippen LogP contribution in [-0.4, -0.2) is 72.4 Å². The number of hydrogen-bond acceptors (Lipinski definition) is 8. The summed E-state index contributed by atoms with van der Waals surface area (Å²) in [5.74, 6) is -0.153. The second-order valence-corrected chi connectivity index (χ2v) is 13.1. The molecule has 0 radical (unpaired) electrons. The summed E-state index contributed by atoms with van der Waals surface area (Å²) in [5.41, 5.74) is 11.7. The summed E-state index contributed by atoms with van der Waals surface area (Å²) < 4.78 is 19.0. The maximum Gasteiger partial charge on any atom is 0.306 e. The summed E-state index contributed by atoms with van der Waals surface area (Å²) in [6, 6.07) is 0.953. The van der Waals surface area contributed by atoms with E-state index in [0.29, 0.717) is 50.2 Å². The van der Waals surface area contributed by atoms with Crippen molar-refractivity contribution in [3.63, 3.8) is 0 Å². The van der Waals surface area contributed by atoms with Gasteiger partial charge in [0.2, 0.25) is 0 Å². The van der Waals surface area contributed by atoms with Gasteiger partial charge in [0.1, 0.15) is 12.2 Å². The van der Waals surface area contributed by atoms with Crippen LogP contribution in [-0.2, 0) is 19.0 Å². The lowest BCUT2D eigenvalue weighted by Gasteiger charge is -2.48. The Balaban J connectivity index is 1.49. The van der Waals surface area contributed by atoms with Crippen LogP contribution in [0.5, 0.6) is 0 Å². The molecule has 3 saturated carbocycles. The zero-order valence-corrected chi connectivity index (χ0v) is 24.1. The molecule has 0 aromatic heterocycles. The molecule has 0 amide bonds. The summed E-state index contributed by atoms with van der Waals surface area (Å²) in [6.07, 6.45) is 11.4. The Morgan fingerprint density at radius 2 is 1.68 bits per heavy atom. The fraction of sp³-hybridized carbons (Fsp3) is 0.900. The first-order valence-corrected chi connectivity index (χ1v) is 15.0. The normalized spacial score (nSPS) is 43.3. The highest BCUT2D eigenvalue weighted by atomic mass is 16.6. The smallest absolute Gasteiger partial charge is 0.306 e. The molecule has 218 valence electrons. The molecule has 38 heavy (non-hydrogen) atoms. The van der Waals surface area contributed by atoms with Crippen LogP contribution in [0.4, 0.5) is 0 Å². The van der Waals surface area contributed by atoms with Crippen LogP contribution in [0.2, 0.25) is 0 Å². The van der Waals surface area contributed by atoms with Crippen LogP contribution >= 0.6 is 0 Å². The van der Waals surface area contributed by atoms with Gasteiger partial charge in [0, 0.05) is 38.2 Å². The van der Waals surface area contributed by atoms with Crippen LogP contribution in [0, 0.1) is 11.8 Å². The first-order chi connectivity index (χ1) is 18.0. The first-order valence-electron chi connectivity index (χ1n) is 15.0. The molecule has 0 aromatic carbocycles. The highest BCUT2D eigenvalue weighted by molar-refractivity contribution is 5.70. The van der Waals surface area contributed by atoms with Gasteiger partial charge in [-0.15, -0.1) is 0 Å². The number of aliphatic hydroxyl groups is 1. The Morgan fingerprint density at radius 3 is 2.29 bits per heavy atom. The van der Waals surface area contributed by atoms with Crippen molar-refractivity contribution in [1.82, 2.24) is 5.32 Å². The van der Waals surface area contributed by atoms with Crippen molar-refractivity contribution in [2.75, 3.05) is 13.7 Å². The lowest BCUT2D eigenvalue weighted by molar-refractivity contribution is -0.189. The number of ether oxygens (including phenoxy) is 3. The molecule has 8 nitrogen and oxygen atoms in total. The van der Waals surface area contributed by atoms with E-state index in [1.807, 2.05) is 6.92 Å². The third-order valence-electron chi connectivity index (χ3n) is 9.88. The number of methoxy groups -OCH3 is 1. The zero-order chi connectivity index (χ0) is 27.5. The van der Waals surface area contributed by atoms with Gasteiger partial charge < -0.3 is 36.1 Å². The molecule has 1 saturated heterocycles. The average Bonchev–Trinajstić information content (AvgIpc) is 3.10. The standard InChI is InChI=1S/C30H53N3O5/c1-19(2)5-14-25-29(3,35)28-27(36-4)24(37-26(34)17-20-6-8-21(31)9-7-20)15-16-30(28,38-25)18-33-23-12-10-22(32)11-13-23/h5,20-25,27-28,33,35H,6-18,31-32H2,1-4H3. The highest BCUT2D eigenvalue weighted by Crippen LogP contribution is 2.53. The summed E-state index contributed by atoms with van der Waals surface area (Å²) in [6.45, 7) is 6.65.